The molecule has 3 unspecified atom stereocenters. The average molecular weight is 658 g/mol. The number of imidazole rings is 1. The third-order valence-electron chi connectivity index (χ3n) is 12.5. The van der Waals surface area contributed by atoms with Crippen LogP contribution in [0.2, 0.25) is 0 Å². The molecule has 4 heterocycles. The van der Waals surface area contributed by atoms with Gasteiger partial charge in [0.05, 0.1) is 23.6 Å². The third kappa shape index (κ3) is 4.23. The van der Waals surface area contributed by atoms with Crippen LogP contribution in [0.15, 0.2) is 126 Å². The highest BCUT2D eigenvalue weighted by atomic mass is 16.3. The predicted molar refractivity (Wildman–Crippen MR) is 202 cm³/mol. The minimum atomic E-state index is 0.0300. The van der Waals surface area contributed by atoms with Gasteiger partial charge in [0.2, 0.25) is 5.69 Å². The minimum absolute atomic E-state index is 0.0300. The summed E-state index contributed by atoms with van der Waals surface area (Å²) in [5.41, 5.74) is 11.5. The third-order valence-corrected chi connectivity index (χ3v) is 12.5. The van der Waals surface area contributed by atoms with Crippen LogP contribution < -0.4 is 9.13 Å². The Bertz CT molecular complexity index is 2380. The van der Waals surface area contributed by atoms with Gasteiger partial charge in [-0.05, 0) is 79.1 Å². The molecule has 1 aliphatic carbocycles. The number of benzene rings is 4. The van der Waals surface area contributed by atoms with Crippen LogP contribution in [-0.4, -0.2) is 4.57 Å². The lowest BCUT2D eigenvalue weighted by Gasteiger charge is -2.28. The molecule has 7 aromatic rings. The van der Waals surface area contributed by atoms with Gasteiger partial charge in [0.1, 0.15) is 29.2 Å². The summed E-state index contributed by atoms with van der Waals surface area (Å²) in [7, 11) is 2.16. The molecule has 2 aliphatic rings. The van der Waals surface area contributed by atoms with Crippen LogP contribution in [0.1, 0.15) is 69.6 Å². The Hall–Kier alpha value is -4.96. The van der Waals surface area contributed by atoms with E-state index in [-0.39, 0.29) is 11.0 Å². The number of para-hydroxylation sites is 1. The van der Waals surface area contributed by atoms with E-state index in [9.17, 15) is 0 Å². The van der Waals surface area contributed by atoms with Gasteiger partial charge in [-0.2, -0.15) is 9.13 Å². The van der Waals surface area contributed by atoms with E-state index in [1.807, 2.05) is 0 Å². The molecule has 4 nitrogen and oxygen atoms in total. The van der Waals surface area contributed by atoms with Crippen LogP contribution in [0, 0.1) is 5.92 Å². The van der Waals surface area contributed by atoms with Crippen molar-refractivity contribution in [1.29, 1.82) is 0 Å². The van der Waals surface area contributed by atoms with E-state index in [2.05, 4.69) is 163 Å². The maximum absolute atomic E-state index is 6.91. The summed E-state index contributed by atoms with van der Waals surface area (Å²) in [5, 5.41) is 2.45. The van der Waals surface area contributed by atoms with E-state index < -0.39 is 0 Å². The predicted octanol–water partition coefficient (Wildman–Crippen LogP) is 10.2. The van der Waals surface area contributed by atoms with Crippen molar-refractivity contribution < 1.29 is 13.6 Å². The van der Waals surface area contributed by atoms with Crippen LogP contribution >= 0.6 is 0 Å². The Balaban J connectivity index is 1.15. The highest BCUT2D eigenvalue weighted by molar-refractivity contribution is 6.10. The highest BCUT2D eigenvalue weighted by Gasteiger charge is 2.84. The van der Waals surface area contributed by atoms with Gasteiger partial charge in [-0.25, -0.2) is 4.57 Å². The van der Waals surface area contributed by atoms with Crippen LogP contribution in [-0.2, 0) is 30.8 Å². The lowest BCUT2D eigenvalue weighted by Crippen LogP contribution is -2.55. The van der Waals surface area contributed by atoms with Gasteiger partial charge in [-0.15, -0.1) is 0 Å². The number of pyridine rings is 1. The van der Waals surface area contributed by atoms with Crippen molar-refractivity contribution in [1.82, 2.24) is 4.57 Å². The summed E-state index contributed by atoms with van der Waals surface area (Å²) in [5.74, 6) is 1.72. The van der Waals surface area contributed by atoms with Gasteiger partial charge in [-0.1, -0.05) is 87.9 Å². The Labute approximate surface area is 295 Å². The first-order valence-corrected chi connectivity index (χ1v) is 18.8. The number of unbranched alkanes of at least 4 members (excludes halogenated alkanes) is 1. The molecule has 1 fully saturated rings. The van der Waals surface area contributed by atoms with E-state index in [0.717, 1.165) is 43.3 Å². The molecule has 9 rings (SSSR count). The first kappa shape index (κ1) is 31.1. The fourth-order valence-electron chi connectivity index (χ4n) is 10.3. The molecule has 0 spiro atoms. The molecule has 0 amide bonds. The van der Waals surface area contributed by atoms with Gasteiger partial charge < -0.3 is 4.42 Å². The maximum atomic E-state index is 6.91. The summed E-state index contributed by atoms with van der Waals surface area (Å²) in [6, 6.07) is 38.2. The molecule has 4 aromatic carbocycles. The lowest BCUT2D eigenvalue weighted by molar-refractivity contribution is -0.738. The molecular formula is C46H47N3O+2. The van der Waals surface area contributed by atoms with Gasteiger partial charge >= 0.3 is 0 Å². The number of aryl methyl sites for hydroxylation is 3. The van der Waals surface area contributed by atoms with Crippen molar-refractivity contribution in [2.75, 3.05) is 0 Å². The second-order valence-corrected chi connectivity index (χ2v) is 14.6. The highest BCUT2D eigenvalue weighted by Crippen LogP contribution is 2.73. The quantitative estimate of drug-likeness (QED) is 0.134. The average Bonchev–Trinajstić information content (AvgIpc) is 3.33. The Morgan fingerprint density at radius 1 is 0.780 bits per heavy atom. The summed E-state index contributed by atoms with van der Waals surface area (Å²) < 4.78 is 14.2. The first-order valence-electron chi connectivity index (χ1n) is 18.8. The van der Waals surface area contributed by atoms with Crippen molar-refractivity contribution >= 4 is 21.9 Å². The van der Waals surface area contributed by atoms with Crippen LogP contribution in [0.25, 0.3) is 50.3 Å². The molecule has 0 bridgehead atoms. The molecule has 0 N–H and O–H groups in total. The largest absolute Gasteiger partial charge is 0.455 e. The Kier molecular flexibility index (Phi) is 7.35. The fraction of sp³-hybridized carbons (Fsp3) is 0.304. The zero-order valence-electron chi connectivity index (χ0n) is 29.8. The molecule has 50 heavy (non-hydrogen) atoms. The number of furan rings is 1. The summed E-state index contributed by atoms with van der Waals surface area (Å²) in [6.07, 6.45) is 14.5. The van der Waals surface area contributed by atoms with E-state index >= 15 is 0 Å². The fourth-order valence-corrected chi connectivity index (χ4v) is 10.3. The van der Waals surface area contributed by atoms with Crippen LogP contribution in [0.3, 0.4) is 0 Å². The Morgan fingerprint density at radius 3 is 2.40 bits per heavy atom. The Morgan fingerprint density at radius 2 is 1.58 bits per heavy atom. The molecular weight excluding hydrogens is 611 g/mol. The molecule has 0 radical (unpaired) electrons. The minimum Gasteiger partial charge on any atom is -0.455 e. The summed E-state index contributed by atoms with van der Waals surface area (Å²) in [6.45, 7) is 7.10. The zero-order valence-corrected chi connectivity index (χ0v) is 29.8. The molecule has 4 heteroatoms. The van der Waals surface area contributed by atoms with Crippen molar-refractivity contribution in [2.45, 2.75) is 76.7 Å². The van der Waals surface area contributed by atoms with Crippen molar-refractivity contribution in [3.05, 3.63) is 138 Å². The van der Waals surface area contributed by atoms with E-state index in [1.54, 1.807) is 0 Å². The molecule has 250 valence electrons. The van der Waals surface area contributed by atoms with Gasteiger partial charge in [-0.3, -0.25) is 0 Å². The topological polar surface area (TPSA) is 25.8 Å². The zero-order chi connectivity index (χ0) is 34.0. The van der Waals surface area contributed by atoms with Crippen molar-refractivity contribution in [2.24, 2.45) is 13.0 Å². The smallest absolute Gasteiger partial charge is 0.294 e. The summed E-state index contributed by atoms with van der Waals surface area (Å²) in [4.78, 5) is 0. The number of rotatable bonds is 10. The summed E-state index contributed by atoms with van der Waals surface area (Å²) >= 11 is 0. The lowest BCUT2D eigenvalue weighted by atomic mass is 9.78. The molecule has 0 saturated heterocycles. The van der Waals surface area contributed by atoms with E-state index in [1.165, 1.54) is 68.6 Å². The number of fused-ring (bicyclic) bond motifs is 10. The van der Waals surface area contributed by atoms with Crippen LogP contribution in [0.5, 0.6) is 0 Å². The van der Waals surface area contributed by atoms with Gasteiger partial charge in [0.15, 0.2) is 11.7 Å². The van der Waals surface area contributed by atoms with Gasteiger partial charge in [0, 0.05) is 35.2 Å². The first-order chi connectivity index (χ1) is 24.6. The number of hydrogen-bond acceptors (Lipinski definition) is 1. The monoisotopic (exact) mass is 657 g/mol. The molecule has 3 atom stereocenters. The van der Waals surface area contributed by atoms with Crippen molar-refractivity contribution in [3.63, 3.8) is 0 Å². The normalized spacial score (nSPS) is 20.5. The van der Waals surface area contributed by atoms with Gasteiger partial charge in [0.25, 0.3) is 5.82 Å². The van der Waals surface area contributed by atoms with Crippen LogP contribution in [0.4, 0.5) is 0 Å². The SMILES string of the molecule is CCCCc1ccc2c(c1)oc1c3c(ccc12)C1(CC)C(CCc2ccccc2-c2n(-c4ccccc4)cc[n+]2C)C1(CC)[n+]1ccccc1-3. The molecule has 3 aromatic heterocycles. The van der Waals surface area contributed by atoms with Crippen molar-refractivity contribution in [3.8, 4) is 28.3 Å². The van der Waals surface area contributed by atoms with E-state index in [4.69, 9.17) is 4.42 Å². The second kappa shape index (κ2) is 11.8. The van der Waals surface area contributed by atoms with E-state index in [0.29, 0.717) is 5.92 Å². The standard InChI is InChI=1S/C46H47N3O/c1-5-8-16-32-22-24-36-37-25-26-38-42(43(37)50-40(36)31-32)39-21-14-15-28-49(39)46(7-3)41(45(38,46)6-2)27-23-33-17-12-13-20-35(33)44-47(4)29-30-48(44)34-18-10-9-11-19-34/h9-15,17-22,24-26,28-31,41H,5-8,16,23,27H2,1-4H3/q+2. The molecule has 1 aliphatic heterocycles. The maximum Gasteiger partial charge on any atom is 0.294 e. The number of hydrogen-bond donors (Lipinski definition) is 0. The number of nitrogens with zero attached hydrogens (tertiary/aromatic N) is 3. The number of aromatic nitrogens is 3. The second-order valence-electron chi connectivity index (χ2n) is 14.6. The molecule has 1 saturated carbocycles.